The normalized spacial score (nSPS) is 18.6. The van der Waals surface area contributed by atoms with E-state index in [4.69, 9.17) is 9.47 Å². The van der Waals surface area contributed by atoms with Gasteiger partial charge in [-0.05, 0) is 69.9 Å². The van der Waals surface area contributed by atoms with E-state index in [0.717, 1.165) is 28.0 Å². The number of benzene rings is 2. The van der Waals surface area contributed by atoms with E-state index in [9.17, 15) is 10.2 Å². The number of fused-ring (bicyclic) bond motifs is 4. The highest BCUT2D eigenvalue weighted by Gasteiger charge is 2.42. The quantitative estimate of drug-likeness (QED) is 0.670. The smallest absolute Gasteiger partial charge is 0.164 e. The summed E-state index contributed by atoms with van der Waals surface area (Å²) in [5.41, 5.74) is 6.12. The fourth-order valence-electron chi connectivity index (χ4n) is 3.97. The second-order valence-electron chi connectivity index (χ2n) is 8.44. The first-order chi connectivity index (χ1) is 13.8. The third-order valence-electron chi connectivity index (χ3n) is 5.56. The zero-order chi connectivity index (χ0) is 20.7. The third-order valence-corrected chi connectivity index (χ3v) is 5.56. The number of ether oxygens (including phenoxy) is 2. The predicted octanol–water partition coefficient (Wildman–Crippen LogP) is 5.55. The molecule has 0 bridgehead atoms. The molecule has 2 heterocycles. The number of hydrogen-bond acceptors (Lipinski definition) is 4. The van der Waals surface area contributed by atoms with Crippen LogP contribution in [-0.2, 0) is 19.3 Å². The number of rotatable bonds is 4. The van der Waals surface area contributed by atoms with E-state index < -0.39 is 0 Å². The fourth-order valence-corrected chi connectivity index (χ4v) is 3.97. The Hall–Kier alpha value is -2.88. The summed E-state index contributed by atoms with van der Waals surface area (Å²) in [5.74, 6) is 1.95. The highest BCUT2D eigenvalue weighted by Crippen LogP contribution is 2.49. The van der Waals surface area contributed by atoms with Gasteiger partial charge in [0.2, 0.25) is 0 Å². The van der Waals surface area contributed by atoms with Crippen molar-refractivity contribution < 1.29 is 19.7 Å². The molecular formula is C25H28O4. The molecule has 4 heteroatoms. The van der Waals surface area contributed by atoms with Gasteiger partial charge in [-0.15, -0.1) is 0 Å². The second kappa shape index (κ2) is 7.51. The Balaban J connectivity index is 1.66. The molecule has 0 radical (unpaired) electrons. The maximum absolute atomic E-state index is 10.4. The molecule has 4 rings (SSSR count). The van der Waals surface area contributed by atoms with Crippen LogP contribution in [0.3, 0.4) is 0 Å². The third kappa shape index (κ3) is 3.71. The van der Waals surface area contributed by atoms with Crippen molar-refractivity contribution in [3.63, 3.8) is 0 Å². The summed E-state index contributed by atoms with van der Waals surface area (Å²) < 4.78 is 12.6. The molecule has 2 N–H and O–H groups in total. The first-order valence-electron chi connectivity index (χ1n) is 10.1. The molecule has 2 atom stereocenters. The predicted molar refractivity (Wildman–Crippen MR) is 114 cm³/mol. The van der Waals surface area contributed by atoms with Crippen molar-refractivity contribution in [1.82, 2.24) is 0 Å². The highest BCUT2D eigenvalue weighted by atomic mass is 16.6. The molecule has 2 aromatic rings. The van der Waals surface area contributed by atoms with Crippen molar-refractivity contribution in [2.75, 3.05) is 0 Å². The molecule has 0 unspecified atom stereocenters. The lowest BCUT2D eigenvalue weighted by molar-refractivity contribution is 0.0687. The van der Waals surface area contributed by atoms with Gasteiger partial charge in [-0.25, -0.2) is 0 Å². The molecule has 0 fully saturated rings. The van der Waals surface area contributed by atoms with E-state index in [1.807, 2.05) is 26.0 Å². The largest absolute Gasteiger partial charge is 0.508 e. The maximum atomic E-state index is 10.4. The molecule has 0 aliphatic carbocycles. The maximum Gasteiger partial charge on any atom is 0.164 e. The van der Waals surface area contributed by atoms with Gasteiger partial charge in [-0.3, -0.25) is 0 Å². The Labute approximate surface area is 172 Å². The zero-order valence-corrected chi connectivity index (χ0v) is 17.5. The van der Waals surface area contributed by atoms with Crippen molar-refractivity contribution in [2.45, 2.75) is 59.2 Å². The van der Waals surface area contributed by atoms with Gasteiger partial charge in [0, 0.05) is 23.6 Å². The molecule has 152 valence electrons. The average molecular weight is 392 g/mol. The van der Waals surface area contributed by atoms with E-state index in [1.165, 1.54) is 11.1 Å². The molecule has 2 aliphatic heterocycles. The summed E-state index contributed by atoms with van der Waals surface area (Å²) in [4.78, 5) is 0. The lowest BCUT2D eigenvalue weighted by Gasteiger charge is -2.28. The molecular weight excluding hydrogens is 364 g/mol. The van der Waals surface area contributed by atoms with Gasteiger partial charge in [0.25, 0.3) is 0 Å². The van der Waals surface area contributed by atoms with Crippen LogP contribution in [0.2, 0.25) is 0 Å². The molecule has 29 heavy (non-hydrogen) atoms. The van der Waals surface area contributed by atoms with Crippen LogP contribution in [0, 0.1) is 0 Å². The number of hydrogen-bond donors (Lipinski definition) is 2. The summed E-state index contributed by atoms with van der Waals surface area (Å²) in [6.07, 6.45) is 5.85. The van der Waals surface area contributed by atoms with Gasteiger partial charge in [-0.2, -0.15) is 0 Å². The Kier molecular flexibility index (Phi) is 5.03. The van der Waals surface area contributed by atoms with Gasteiger partial charge in [0.1, 0.15) is 29.1 Å². The second-order valence-corrected chi connectivity index (χ2v) is 8.44. The van der Waals surface area contributed by atoms with Crippen LogP contribution in [0.15, 0.2) is 47.6 Å². The van der Waals surface area contributed by atoms with E-state index in [0.29, 0.717) is 25.0 Å². The van der Waals surface area contributed by atoms with Crippen LogP contribution in [0.4, 0.5) is 0 Å². The summed E-state index contributed by atoms with van der Waals surface area (Å²) in [6, 6.07) is 7.35. The lowest BCUT2D eigenvalue weighted by atomic mass is 9.93. The van der Waals surface area contributed by atoms with E-state index >= 15 is 0 Å². The van der Waals surface area contributed by atoms with Crippen molar-refractivity contribution in [2.24, 2.45) is 0 Å². The molecule has 0 aromatic heterocycles. The van der Waals surface area contributed by atoms with Gasteiger partial charge < -0.3 is 19.7 Å². The first kappa shape index (κ1) is 19.4. The molecule has 0 spiro atoms. The monoisotopic (exact) mass is 392 g/mol. The zero-order valence-electron chi connectivity index (χ0n) is 17.5. The van der Waals surface area contributed by atoms with E-state index in [-0.39, 0.29) is 23.7 Å². The van der Waals surface area contributed by atoms with Crippen LogP contribution in [0.1, 0.15) is 56.1 Å². The lowest BCUT2D eigenvalue weighted by Crippen LogP contribution is -2.30. The molecule has 0 saturated carbocycles. The van der Waals surface area contributed by atoms with Gasteiger partial charge >= 0.3 is 0 Å². The average Bonchev–Trinajstić information content (AvgIpc) is 3.01. The topological polar surface area (TPSA) is 58.9 Å². The highest BCUT2D eigenvalue weighted by molar-refractivity contribution is 5.56. The van der Waals surface area contributed by atoms with Crippen molar-refractivity contribution >= 4 is 0 Å². The Morgan fingerprint density at radius 2 is 1.69 bits per heavy atom. The first-order valence-corrected chi connectivity index (χ1v) is 10.1. The number of phenolic OH excluding ortho intramolecular Hbond substituents is 2. The minimum Gasteiger partial charge on any atom is -0.508 e. The van der Waals surface area contributed by atoms with Crippen LogP contribution in [-0.4, -0.2) is 16.3 Å². The summed E-state index contributed by atoms with van der Waals surface area (Å²) in [7, 11) is 0. The molecule has 2 aromatic carbocycles. The van der Waals surface area contributed by atoms with E-state index in [2.05, 4.69) is 26.0 Å². The van der Waals surface area contributed by atoms with E-state index in [1.54, 1.807) is 12.1 Å². The number of phenols is 2. The van der Waals surface area contributed by atoms with Gasteiger partial charge in [0.15, 0.2) is 6.10 Å². The molecule has 2 aliphatic rings. The Morgan fingerprint density at radius 1 is 0.966 bits per heavy atom. The van der Waals surface area contributed by atoms with Crippen molar-refractivity contribution in [1.29, 1.82) is 0 Å². The number of allylic oxidation sites excluding steroid dienone is 4. The standard InChI is InChI=1S/C25H28O4/c1-14(2)5-7-16-11-17-12-23-25(28-22(17)13-21(16)27)19-9-10-20(26)18(24(19)29-23)8-6-15(3)4/h5-6,9-11,13,23,25-27H,7-8,12H2,1-4H3/t23-,25-/m0/s1. The summed E-state index contributed by atoms with van der Waals surface area (Å²) in [5, 5.41) is 20.8. The minimum atomic E-state index is -0.230. The molecule has 4 nitrogen and oxygen atoms in total. The minimum absolute atomic E-state index is 0.134. The van der Waals surface area contributed by atoms with Gasteiger partial charge in [-0.1, -0.05) is 23.3 Å². The Bertz CT molecular complexity index is 1010. The SMILES string of the molecule is CC(C)=CCc1cc2c(cc1O)O[C@H]1c3ccc(O)c(CC=C(C)C)c3O[C@H]1C2. The molecule has 0 amide bonds. The van der Waals surface area contributed by atoms with Crippen molar-refractivity contribution in [3.8, 4) is 23.0 Å². The summed E-state index contributed by atoms with van der Waals surface area (Å²) >= 11 is 0. The van der Waals surface area contributed by atoms with Crippen LogP contribution in [0.25, 0.3) is 0 Å². The number of aromatic hydroxyl groups is 2. The fraction of sp³-hybridized carbons (Fsp3) is 0.360. The van der Waals surface area contributed by atoms with Gasteiger partial charge in [0.05, 0.1) is 0 Å². The van der Waals surface area contributed by atoms with Crippen LogP contribution >= 0.6 is 0 Å². The Morgan fingerprint density at radius 3 is 2.41 bits per heavy atom. The van der Waals surface area contributed by atoms with Crippen molar-refractivity contribution in [3.05, 3.63) is 69.8 Å². The molecule has 0 saturated heterocycles. The van der Waals surface area contributed by atoms with Crippen LogP contribution in [0.5, 0.6) is 23.0 Å². The van der Waals surface area contributed by atoms with Crippen LogP contribution < -0.4 is 9.47 Å². The summed E-state index contributed by atoms with van der Waals surface area (Å²) in [6.45, 7) is 8.18.